The maximum Gasteiger partial charge on any atom is 0.133 e. The molecular weight excluding hydrogens is 238 g/mol. The van der Waals surface area contributed by atoms with E-state index in [4.69, 9.17) is 0 Å². The maximum absolute atomic E-state index is 13.0. The molecule has 0 aliphatic heterocycles. The highest BCUT2D eigenvalue weighted by molar-refractivity contribution is 9.09. The zero-order valence-electron chi connectivity index (χ0n) is 7.15. The van der Waals surface area contributed by atoms with Gasteiger partial charge in [-0.2, -0.15) is 0 Å². The molecule has 0 amide bonds. The van der Waals surface area contributed by atoms with Gasteiger partial charge in [0.25, 0.3) is 0 Å². The van der Waals surface area contributed by atoms with Crippen molar-refractivity contribution in [1.29, 1.82) is 0 Å². The van der Waals surface area contributed by atoms with Crippen molar-refractivity contribution in [2.75, 3.05) is 5.33 Å². The van der Waals surface area contributed by atoms with E-state index in [1.165, 1.54) is 24.3 Å². The molecule has 0 fully saturated rings. The van der Waals surface area contributed by atoms with Crippen LogP contribution >= 0.6 is 15.9 Å². The fourth-order valence-electron chi connectivity index (χ4n) is 0.934. The number of rotatable bonds is 2. The number of allylic oxidation sites excluding steroid dienone is 1. The van der Waals surface area contributed by atoms with Gasteiger partial charge in [-0.1, -0.05) is 27.6 Å². The van der Waals surface area contributed by atoms with Crippen LogP contribution in [0.5, 0.6) is 0 Å². The summed E-state index contributed by atoms with van der Waals surface area (Å²) in [5.41, 5.74) is 0.906. The molecule has 1 rings (SSSR count). The van der Waals surface area contributed by atoms with Gasteiger partial charge >= 0.3 is 0 Å². The molecule has 0 N–H and O–H groups in total. The Morgan fingerprint density at radius 3 is 2.38 bits per heavy atom. The van der Waals surface area contributed by atoms with Gasteiger partial charge in [0.15, 0.2) is 0 Å². The van der Waals surface area contributed by atoms with Crippen molar-refractivity contribution in [1.82, 2.24) is 0 Å². The van der Waals surface area contributed by atoms with Crippen LogP contribution in [0, 0.1) is 11.6 Å². The van der Waals surface area contributed by atoms with E-state index in [0.29, 0.717) is 5.33 Å². The highest BCUT2D eigenvalue weighted by Crippen LogP contribution is 2.16. The Kier molecular flexibility index (Phi) is 3.60. The Morgan fingerprint density at radius 1 is 1.38 bits per heavy atom. The summed E-state index contributed by atoms with van der Waals surface area (Å²) in [5, 5.41) is 0.612. The number of hydrogen-bond donors (Lipinski definition) is 0. The van der Waals surface area contributed by atoms with Gasteiger partial charge in [-0.15, -0.1) is 0 Å². The molecule has 0 radical (unpaired) electrons. The molecular formula is C10H9BrF2. The molecule has 1 aromatic carbocycles. The molecule has 70 valence electrons. The molecule has 0 aliphatic rings. The lowest BCUT2D eigenvalue weighted by molar-refractivity contribution is 0.578. The topological polar surface area (TPSA) is 0 Å². The third kappa shape index (κ3) is 2.62. The van der Waals surface area contributed by atoms with Crippen LogP contribution in [-0.4, -0.2) is 5.33 Å². The van der Waals surface area contributed by atoms with Crippen LogP contribution in [0.25, 0.3) is 6.08 Å². The van der Waals surface area contributed by atoms with Crippen molar-refractivity contribution in [3.63, 3.8) is 0 Å². The fourth-order valence-corrected chi connectivity index (χ4v) is 1.10. The maximum atomic E-state index is 13.0. The van der Waals surface area contributed by atoms with Gasteiger partial charge in [-0.3, -0.25) is 0 Å². The van der Waals surface area contributed by atoms with Gasteiger partial charge in [-0.05, 0) is 25.1 Å². The molecule has 1 aromatic rings. The highest BCUT2D eigenvalue weighted by atomic mass is 79.9. The van der Waals surface area contributed by atoms with E-state index >= 15 is 0 Å². The van der Waals surface area contributed by atoms with Crippen LogP contribution < -0.4 is 0 Å². The van der Waals surface area contributed by atoms with Gasteiger partial charge in [0, 0.05) is 10.9 Å². The highest BCUT2D eigenvalue weighted by Gasteiger charge is 2.04. The van der Waals surface area contributed by atoms with E-state index in [1.54, 1.807) is 6.92 Å². The van der Waals surface area contributed by atoms with Gasteiger partial charge in [-0.25, -0.2) is 8.78 Å². The summed E-state index contributed by atoms with van der Waals surface area (Å²) in [4.78, 5) is 0. The molecule has 0 spiro atoms. The SMILES string of the molecule is CC(=Cc1c(F)cccc1F)CBr. The van der Waals surface area contributed by atoms with Crippen LogP contribution in [0.4, 0.5) is 8.78 Å². The average molecular weight is 247 g/mol. The number of alkyl halides is 1. The van der Waals surface area contributed by atoms with Crippen LogP contribution in [0.3, 0.4) is 0 Å². The minimum absolute atomic E-state index is 0.0273. The Morgan fingerprint density at radius 2 is 1.92 bits per heavy atom. The van der Waals surface area contributed by atoms with Crippen LogP contribution in [0.15, 0.2) is 23.8 Å². The van der Waals surface area contributed by atoms with Gasteiger partial charge in [0.2, 0.25) is 0 Å². The third-order valence-electron chi connectivity index (χ3n) is 1.60. The summed E-state index contributed by atoms with van der Waals surface area (Å²) < 4.78 is 26.1. The first-order chi connectivity index (χ1) is 6.15. The van der Waals surface area contributed by atoms with Crippen LogP contribution in [0.1, 0.15) is 12.5 Å². The molecule has 0 nitrogen and oxygen atoms in total. The first kappa shape index (κ1) is 10.4. The second kappa shape index (κ2) is 4.51. The van der Waals surface area contributed by atoms with E-state index in [1.807, 2.05) is 0 Å². The summed E-state index contributed by atoms with van der Waals surface area (Å²) >= 11 is 3.21. The first-order valence-electron chi connectivity index (χ1n) is 3.82. The van der Waals surface area contributed by atoms with Gasteiger partial charge in [0.05, 0.1) is 0 Å². The lowest BCUT2D eigenvalue weighted by atomic mass is 10.1. The molecule has 0 atom stereocenters. The third-order valence-corrected chi connectivity index (χ3v) is 2.49. The van der Waals surface area contributed by atoms with Crippen molar-refractivity contribution < 1.29 is 8.78 Å². The molecule has 0 bridgehead atoms. The Labute approximate surface area is 84.4 Å². The van der Waals surface area contributed by atoms with E-state index in [2.05, 4.69) is 15.9 Å². The van der Waals surface area contributed by atoms with Crippen molar-refractivity contribution in [3.05, 3.63) is 41.0 Å². The summed E-state index contributed by atoms with van der Waals surface area (Å²) in [6, 6.07) is 3.85. The van der Waals surface area contributed by atoms with Crippen LogP contribution in [0.2, 0.25) is 0 Å². The second-order valence-corrected chi connectivity index (χ2v) is 3.32. The molecule has 13 heavy (non-hydrogen) atoms. The van der Waals surface area contributed by atoms with Crippen molar-refractivity contribution in [2.45, 2.75) is 6.92 Å². The first-order valence-corrected chi connectivity index (χ1v) is 4.94. The summed E-state index contributed by atoms with van der Waals surface area (Å²) in [5.74, 6) is -1.05. The molecule has 0 aliphatic carbocycles. The van der Waals surface area contributed by atoms with E-state index in [0.717, 1.165) is 5.57 Å². The summed E-state index contributed by atoms with van der Waals surface area (Å²) in [6.45, 7) is 1.81. The molecule has 3 heteroatoms. The van der Waals surface area contributed by atoms with E-state index < -0.39 is 11.6 Å². The largest absolute Gasteiger partial charge is 0.206 e. The second-order valence-electron chi connectivity index (χ2n) is 2.76. The minimum Gasteiger partial charge on any atom is -0.206 e. The molecule has 0 heterocycles. The normalized spacial score (nSPS) is 11.8. The number of benzene rings is 1. The smallest absolute Gasteiger partial charge is 0.133 e. The zero-order chi connectivity index (χ0) is 9.84. The van der Waals surface area contributed by atoms with Crippen molar-refractivity contribution in [2.24, 2.45) is 0 Å². The Hall–Kier alpha value is -0.700. The summed E-state index contributed by atoms with van der Waals surface area (Å²) in [6.07, 6.45) is 1.50. The van der Waals surface area contributed by atoms with Crippen molar-refractivity contribution in [3.8, 4) is 0 Å². The molecule has 0 saturated heterocycles. The monoisotopic (exact) mass is 246 g/mol. The van der Waals surface area contributed by atoms with E-state index in [-0.39, 0.29) is 5.56 Å². The van der Waals surface area contributed by atoms with Crippen LogP contribution in [-0.2, 0) is 0 Å². The summed E-state index contributed by atoms with van der Waals surface area (Å²) in [7, 11) is 0. The molecule has 0 unspecified atom stereocenters. The van der Waals surface area contributed by atoms with Gasteiger partial charge < -0.3 is 0 Å². The quantitative estimate of drug-likeness (QED) is 0.698. The average Bonchev–Trinajstić information content (AvgIpc) is 2.11. The van der Waals surface area contributed by atoms with E-state index in [9.17, 15) is 8.78 Å². The molecule has 0 saturated carbocycles. The minimum atomic E-state index is -0.527. The number of halogens is 3. The zero-order valence-corrected chi connectivity index (χ0v) is 8.74. The molecule has 0 aromatic heterocycles. The predicted molar refractivity (Wildman–Crippen MR) is 53.8 cm³/mol. The standard InChI is InChI=1S/C10H9BrF2/c1-7(6-11)5-8-9(12)3-2-4-10(8)13/h2-5H,6H2,1H3. The number of hydrogen-bond acceptors (Lipinski definition) is 0. The Bertz CT molecular complexity index is 311. The lowest BCUT2D eigenvalue weighted by Crippen LogP contribution is -1.89. The van der Waals surface area contributed by atoms with Gasteiger partial charge in [0.1, 0.15) is 11.6 Å². The predicted octanol–water partition coefficient (Wildman–Crippen LogP) is 3.76. The lowest BCUT2D eigenvalue weighted by Gasteiger charge is -2.00. The fraction of sp³-hybridized carbons (Fsp3) is 0.200. The Balaban J connectivity index is 3.14. The van der Waals surface area contributed by atoms with Crippen molar-refractivity contribution >= 4 is 22.0 Å².